The fourth-order valence-electron chi connectivity index (χ4n) is 3.69. The number of imide groups is 1. The Labute approximate surface area is 180 Å². The van der Waals surface area contributed by atoms with E-state index in [2.05, 4.69) is 20.5 Å². The van der Waals surface area contributed by atoms with Gasteiger partial charge in [0.1, 0.15) is 6.54 Å². The number of carbonyl (C=O) groups excluding carboxylic acids is 2. The van der Waals surface area contributed by atoms with Gasteiger partial charge in [0.2, 0.25) is 11.7 Å². The number of halogens is 2. The molecular formula is C21H16F2N6O3. The van der Waals surface area contributed by atoms with Crippen LogP contribution in [0.2, 0.25) is 0 Å². The van der Waals surface area contributed by atoms with Crippen molar-refractivity contribution in [1.82, 2.24) is 15.1 Å². The summed E-state index contributed by atoms with van der Waals surface area (Å²) in [5.74, 6) is -2.99. The first-order valence-electron chi connectivity index (χ1n) is 9.74. The van der Waals surface area contributed by atoms with Crippen LogP contribution in [0.4, 0.5) is 14.5 Å². The average Bonchev–Trinajstić information content (AvgIpc) is 3.45. The van der Waals surface area contributed by atoms with Gasteiger partial charge in [0.15, 0.2) is 23.7 Å². The van der Waals surface area contributed by atoms with Crippen molar-refractivity contribution in [2.24, 2.45) is 10.3 Å². The molecule has 2 aliphatic heterocycles. The molecule has 0 N–H and O–H groups in total. The second-order valence-electron chi connectivity index (χ2n) is 7.61. The average molecular weight is 438 g/mol. The Bertz CT molecular complexity index is 1290. The minimum Gasteiger partial charge on any atom is -0.337 e. The number of aryl methyl sites for hydroxylation is 2. The van der Waals surface area contributed by atoms with E-state index in [0.717, 1.165) is 39.8 Å². The van der Waals surface area contributed by atoms with Crippen molar-refractivity contribution in [3.8, 4) is 11.4 Å². The predicted octanol–water partition coefficient (Wildman–Crippen LogP) is 3.13. The van der Waals surface area contributed by atoms with E-state index in [1.165, 1.54) is 5.01 Å². The topological polar surface area (TPSA) is 104 Å². The molecule has 1 saturated heterocycles. The molecule has 0 saturated carbocycles. The Morgan fingerprint density at radius 1 is 1.00 bits per heavy atom. The number of amides is 2. The summed E-state index contributed by atoms with van der Waals surface area (Å²) in [6.45, 7) is 3.93. The summed E-state index contributed by atoms with van der Waals surface area (Å²) in [6, 6.07) is 6.45. The van der Waals surface area contributed by atoms with Gasteiger partial charge in [-0.15, -0.1) is 0 Å². The van der Waals surface area contributed by atoms with Crippen molar-refractivity contribution in [2.75, 3.05) is 4.90 Å². The molecule has 1 fully saturated rings. The molecular weight excluding hydrogens is 422 g/mol. The van der Waals surface area contributed by atoms with Gasteiger partial charge in [-0.3, -0.25) is 14.6 Å². The van der Waals surface area contributed by atoms with Crippen LogP contribution in [-0.4, -0.2) is 39.0 Å². The van der Waals surface area contributed by atoms with E-state index >= 15 is 0 Å². The van der Waals surface area contributed by atoms with Crippen LogP contribution in [0.1, 0.15) is 17.0 Å². The van der Waals surface area contributed by atoms with E-state index in [-0.39, 0.29) is 18.1 Å². The second-order valence-corrected chi connectivity index (χ2v) is 7.61. The summed E-state index contributed by atoms with van der Waals surface area (Å²) in [6.07, 6.45) is 0. The number of benzene rings is 2. The van der Waals surface area contributed by atoms with Gasteiger partial charge in [0, 0.05) is 11.6 Å². The first-order chi connectivity index (χ1) is 15.3. The first kappa shape index (κ1) is 19.9. The van der Waals surface area contributed by atoms with Crippen LogP contribution in [-0.2, 0) is 16.1 Å². The van der Waals surface area contributed by atoms with Crippen molar-refractivity contribution in [2.45, 2.75) is 32.5 Å². The number of carbonyl (C=O) groups is 2. The van der Waals surface area contributed by atoms with Gasteiger partial charge in [-0.1, -0.05) is 22.5 Å². The zero-order valence-electron chi connectivity index (χ0n) is 17.0. The lowest BCUT2D eigenvalue weighted by atomic mass is 10.1. The number of rotatable bonds is 4. The summed E-state index contributed by atoms with van der Waals surface area (Å²) in [5.41, 5.74) is 2.92. The van der Waals surface area contributed by atoms with Crippen LogP contribution in [0.25, 0.3) is 11.4 Å². The van der Waals surface area contributed by atoms with Crippen molar-refractivity contribution in [3.05, 3.63) is 65.1 Å². The maximum absolute atomic E-state index is 13.6. The van der Waals surface area contributed by atoms with Crippen LogP contribution in [0.3, 0.4) is 0 Å². The van der Waals surface area contributed by atoms with Crippen molar-refractivity contribution in [1.29, 1.82) is 0 Å². The monoisotopic (exact) mass is 438 g/mol. The Balaban J connectivity index is 1.37. The molecule has 2 aliphatic rings. The third-order valence-corrected chi connectivity index (χ3v) is 5.55. The largest absolute Gasteiger partial charge is 0.337 e. The van der Waals surface area contributed by atoms with E-state index in [4.69, 9.17) is 4.52 Å². The first-order valence-corrected chi connectivity index (χ1v) is 9.74. The van der Waals surface area contributed by atoms with E-state index < -0.39 is 35.5 Å². The number of aromatic nitrogens is 2. The third kappa shape index (κ3) is 3.13. The van der Waals surface area contributed by atoms with Gasteiger partial charge in [0.05, 0.1) is 5.69 Å². The van der Waals surface area contributed by atoms with Crippen LogP contribution < -0.4 is 4.90 Å². The molecule has 2 aromatic carbocycles. The molecule has 0 bridgehead atoms. The lowest BCUT2D eigenvalue weighted by molar-refractivity contribution is -0.123. The zero-order valence-corrected chi connectivity index (χ0v) is 17.0. The summed E-state index contributed by atoms with van der Waals surface area (Å²) in [5, 5.41) is 13.1. The Kier molecular flexibility index (Phi) is 4.54. The molecule has 162 valence electrons. The minimum absolute atomic E-state index is 0.0485. The second kappa shape index (κ2) is 7.29. The number of nitrogens with zero attached hydrogens (tertiary/aromatic N) is 6. The summed E-state index contributed by atoms with van der Waals surface area (Å²) >= 11 is 0. The molecule has 1 aromatic heterocycles. The standard InChI is InChI=1S/C21H16F2N6O3/c1-10-3-4-12(7-11(10)2)19-24-16(32-26-19)9-28-18-17(25-27-28)20(30)29(21(18)31)13-5-6-14(22)15(23)8-13/h3-8,17-18H,9H2,1-2H3/t17-,18-/m1/s1. The molecule has 0 spiro atoms. The van der Waals surface area contributed by atoms with Gasteiger partial charge >= 0.3 is 0 Å². The smallest absolute Gasteiger partial charge is 0.263 e. The number of hydrogen-bond donors (Lipinski definition) is 0. The van der Waals surface area contributed by atoms with Gasteiger partial charge in [-0.2, -0.15) is 10.1 Å². The van der Waals surface area contributed by atoms with Crippen LogP contribution in [0.15, 0.2) is 51.3 Å². The Hall–Kier alpha value is -4.02. The van der Waals surface area contributed by atoms with Crippen LogP contribution in [0.5, 0.6) is 0 Å². The molecule has 5 rings (SSSR count). The summed E-state index contributed by atoms with van der Waals surface area (Å²) < 4.78 is 32.2. The SMILES string of the molecule is Cc1ccc(-c2noc(CN3N=N[C@H]4C(=O)N(c5ccc(F)c(F)c5)C(=O)[C@@H]43)n2)cc1C. The number of hydrogen-bond acceptors (Lipinski definition) is 8. The lowest BCUT2D eigenvalue weighted by Gasteiger charge is -2.19. The van der Waals surface area contributed by atoms with Gasteiger partial charge in [0.25, 0.3) is 11.8 Å². The normalized spacial score (nSPS) is 19.9. The van der Waals surface area contributed by atoms with Gasteiger partial charge < -0.3 is 4.52 Å². The molecule has 11 heteroatoms. The highest BCUT2D eigenvalue weighted by atomic mass is 19.2. The maximum Gasteiger partial charge on any atom is 0.263 e. The van der Waals surface area contributed by atoms with E-state index in [1.807, 2.05) is 32.0 Å². The van der Waals surface area contributed by atoms with E-state index in [1.54, 1.807) is 0 Å². The molecule has 3 aromatic rings. The lowest BCUT2D eigenvalue weighted by Crippen LogP contribution is -2.39. The summed E-state index contributed by atoms with van der Waals surface area (Å²) in [7, 11) is 0. The maximum atomic E-state index is 13.6. The van der Waals surface area contributed by atoms with Crippen LogP contribution >= 0.6 is 0 Å². The highest BCUT2D eigenvalue weighted by molar-refractivity contribution is 6.25. The highest BCUT2D eigenvalue weighted by Crippen LogP contribution is 2.33. The van der Waals surface area contributed by atoms with Gasteiger partial charge in [-0.05, 0) is 43.2 Å². The molecule has 0 radical (unpaired) electrons. The number of fused-ring (bicyclic) bond motifs is 1. The Morgan fingerprint density at radius 3 is 2.56 bits per heavy atom. The highest BCUT2D eigenvalue weighted by Gasteiger charge is 2.55. The molecule has 0 aliphatic carbocycles. The predicted molar refractivity (Wildman–Crippen MR) is 106 cm³/mol. The molecule has 9 nitrogen and oxygen atoms in total. The Morgan fingerprint density at radius 2 is 1.81 bits per heavy atom. The fourth-order valence-corrected chi connectivity index (χ4v) is 3.69. The third-order valence-electron chi connectivity index (χ3n) is 5.55. The summed E-state index contributed by atoms with van der Waals surface area (Å²) in [4.78, 5) is 30.8. The van der Waals surface area contributed by atoms with E-state index in [0.29, 0.717) is 5.82 Å². The molecule has 2 atom stereocenters. The van der Waals surface area contributed by atoms with Gasteiger partial charge in [-0.25, -0.2) is 13.7 Å². The van der Waals surface area contributed by atoms with E-state index in [9.17, 15) is 18.4 Å². The molecule has 32 heavy (non-hydrogen) atoms. The quantitative estimate of drug-likeness (QED) is 0.580. The van der Waals surface area contributed by atoms with Crippen LogP contribution in [0, 0.1) is 25.5 Å². The molecule has 2 amide bonds. The fraction of sp³-hybridized carbons (Fsp3) is 0.238. The zero-order chi connectivity index (χ0) is 22.6. The minimum atomic E-state index is -1.16. The molecule has 0 unspecified atom stereocenters. The van der Waals surface area contributed by atoms with Crippen molar-refractivity contribution in [3.63, 3.8) is 0 Å². The van der Waals surface area contributed by atoms with Crippen molar-refractivity contribution >= 4 is 17.5 Å². The molecule has 3 heterocycles. The number of anilines is 1. The van der Waals surface area contributed by atoms with Crippen molar-refractivity contribution < 1.29 is 22.9 Å².